The molecule has 1 N–H and O–H groups in total. The van der Waals surface area contributed by atoms with Gasteiger partial charge in [0.05, 0.1) is 10.5 Å². The molecule has 0 saturated heterocycles. The Kier molecular flexibility index (Phi) is 3.27. The quantitative estimate of drug-likeness (QED) is 0.886. The van der Waals surface area contributed by atoms with Gasteiger partial charge >= 0.3 is 5.97 Å². The first-order valence-corrected chi connectivity index (χ1v) is 5.98. The second-order valence-electron chi connectivity index (χ2n) is 3.13. The van der Waals surface area contributed by atoms with Crippen molar-refractivity contribution in [3.8, 4) is 0 Å². The second kappa shape index (κ2) is 4.17. The third kappa shape index (κ3) is 2.54. The number of carboxylic acids is 1. The fourth-order valence-electron chi connectivity index (χ4n) is 1.17. The van der Waals surface area contributed by atoms with Gasteiger partial charge in [0.1, 0.15) is 0 Å². The highest BCUT2D eigenvalue weighted by atomic mass is 32.2. The van der Waals surface area contributed by atoms with Crippen LogP contribution in [-0.2, 0) is 9.84 Å². The zero-order valence-electron chi connectivity index (χ0n) is 8.15. The van der Waals surface area contributed by atoms with Crippen LogP contribution in [0.15, 0.2) is 23.1 Å². The van der Waals surface area contributed by atoms with Gasteiger partial charge in [-0.2, -0.15) is 0 Å². The van der Waals surface area contributed by atoms with Crippen LogP contribution in [0.3, 0.4) is 0 Å². The number of benzene rings is 1. The van der Waals surface area contributed by atoms with Gasteiger partial charge in [0.25, 0.3) is 6.43 Å². The van der Waals surface area contributed by atoms with Crippen molar-refractivity contribution in [2.45, 2.75) is 11.3 Å². The summed E-state index contributed by atoms with van der Waals surface area (Å²) in [5.74, 6) is -1.37. The van der Waals surface area contributed by atoms with Gasteiger partial charge in [-0.1, -0.05) is 6.07 Å². The van der Waals surface area contributed by atoms with Gasteiger partial charge in [0.2, 0.25) is 0 Å². The number of hydrogen-bond donors (Lipinski definition) is 1. The van der Waals surface area contributed by atoms with Crippen LogP contribution in [0.2, 0.25) is 0 Å². The maximum absolute atomic E-state index is 12.5. The lowest BCUT2D eigenvalue weighted by Crippen LogP contribution is -2.06. The molecule has 16 heavy (non-hydrogen) atoms. The third-order valence-corrected chi connectivity index (χ3v) is 3.05. The summed E-state index contributed by atoms with van der Waals surface area (Å²) in [7, 11) is -3.88. The topological polar surface area (TPSA) is 71.4 Å². The van der Waals surface area contributed by atoms with Crippen LogP contribution in [0, 0.1) is 0 Å². The number of sulfone groups is 1. The SMILES string of the molecule is CS(=O)(=O)c1cc(C(=O)O)ccc1C(F)F. The molecule has 1 aromatic rings. The predicted molar refractivity (Wildman–Crippen MR) is 51.5 cm³/mol. The fourth-order valence-corrected chi connectivity index (χ4v) is 2.10. The molecule has 7 heteroatoms. The van der Waals surface area contributed by atoms with E-state index in [0.717, 1.165) is 24.5 Å². The summed E-state index contributed by atoms with van der Waals surface area (Å²) >= 11 is 0. The third-order valence-electron chi connectivity index (χ3n) is 1.90. The molecule has 0 atom stereocenters. The number of alkyl halides is 2. The van der Waals surface area contributed by atoms with Crippen molar-refractivity contribution in [2.24, 2.45) is 0 Å². The molecule has 0 unspecified atom stereocenters. The van der Waals surface area contributed by atoms with E-state index >= 15 is 0 Å². The molecule has 0 heterocycles. The fraction of sp³-hybridized carbons (Fsp3) is 0.222. The summed E-state index contributed by atoms with van der Waals surface area (Å²) in [6.45, 7) is 0. The van der Waals surface area contributed by atoms with Crippen LogP contribution in [0.4, 0.5) is 8.78 Å². The molecule has 0 spiro atoms. The molecule has 0 aromatic heterocycles. The lowest BCUT2D eigenvalue weighted by molar-refractivity contribution is 0.0696. The number of rotatable bonds is 3. The van der Waals surface area contributed by atoms with Crippen molar-refractivity contribution in [1.29, 1.82) is 0 Å². The standard InChI is InChI=1S/C9H8F2O4S/c1-16(14,15)7-4-5(9(12)13)2-3-6(7)8(10)11/h2-4,8H,1H3,(H,12,13). The normalized spacial score (nSPS) is 11.8. The molecule has 88 valence electrons. The van der Waals surface area contributed by atoms with Gasteiger partial charge in [0.15, 0.2) is 9.84 Å². The lowest BCUT2D eigenvalue weighted by atomic mass is 10.1. The van der Waals surface area contributed by atoms with Crippen LogP contribution in [0.5, 0.6) is 0 Å². The van der Waals surface area contributed by atoms with Crippen LogP contribution in [-0.4, -0.2) is 25.7 Å². The first-order chi connectivity index (χ1) is 7.23. The van der Waals surface area contributed by atoms with Crippen molar-refractivity contribution in [1.82, 2.24) is 0 Å². The van der Waals surface area contributed by atoms with Crippen LogP contribution >= 0.6 is 0 Å². The van der Waals surface area contributed by atoms with Crippen molar-refractivity contribution >= 4 is 15.8 Å². The Labute approximate surface area is 90.4 Å². The Hall–Kier alpha value is -1.50. The van der Waals surface area contributed by atoms with Crippen LogP contribution in [0.25, 0.3) is 0 Å². The van der Waals surface area contributed by atoms with Crippen molar-refractivity contribution in [2.75, 3.05) is 6.26 Å². The Morgan fingerprint density at radius 2 is 1.94 bits per heavy atom. The van der Waals surface area contributed by atoms with Crippen molar-refractivity contribution in [3.63, 3.8) is 0 Å². The van der Waals surface area contributed by atoms with Crippen molar-refractivity contribution < 1.29 is 27.1 Å². The Balaban J connectivity index is 3.51. The van der Waals surface area contributed by atoms with E-state index in [4.69, 9.17) is 5.11 Å². The molecule has 0 aliphatic heterocycles. The summed E-state index contributed by atoms with van der Waals surface area (Å²) in [5, 5.41) is 8.62. The summed E-state index contributed by atoms with van der Waals surface area (Å²) in [4.78, 5) is 9.93. The minimum absolute atomic E-state index is 0.343. The first kappa shape index (κ1) is 12.6. The van der Waals surface area contributed by atoms with Gasteiger partial charge in [-0.3, -0.25) is 0 Å². The number of carbonyl (C=O) groups is 1. The smallest absolute Gasteiger partial charge is 0.335 e. The van der Waals surface area contributed by atoms with Gasteiger partial charge in [-0.05, 0) is 12.1 Å². The van der Waals surface area contributed by atoms with E-state index in [2.05, 4.69) is 0 Å². The van der Waals surface area contributed by atoms with E-state index in [1.807, 2.05) is 0 Å². The van der Waals surface area contributed by atoms with E-state index in [0.29, 0.717) is 0 Å². The van der Waals surface area contributed by atoms with E-state index in [-0.39, 0.29) is 5.56 Å². The van der Waals surface area contributed by atoms with E-state index in [1.54, 1.807) is 0 Å². The van der Waals surface area contributed by atoms with Crippen LogP contribution in [0.1, 0.15) is 22.3 Å². The molecule has 0 radical (unpaired) electrons. The highest BCUT2D eigenvalue weighted by Crippen LogP contribution is 2.27. The largest absolute Gasteiger partial charge is 0.478 e. The summed E-state index contributed by atoms with van der Waals surface area (Å²) in [6.07, 6.45) is -2.22. The average Bonchev–Trinajstić information content (AvgIpc) is 2.15. The molecule has 4 nitrogen and oxygen atoms in total. The number of aromatic carboxylic acids is 1. The Morgan fingerprint density at radius 3 is 2.31 bits per heavy atom. The van der Waals surface area contributed by atoms with Gasteiger partial charge in [-0.25, -0.2) is 22.0 Å². The van der Waals surface area contributed by atoms with Gasteiger partial charge in [0, 0.05) is 11.8 Å². The van der Waals surface area contributed by atoms with E-state index in [1.165, 1.54) is 0 Å². The van der Waals surface area contributed by atoms with Gasteiger partial charge in [-0.15, -0.1) is 0 Å². The molecule has 0 saturated carbocycles. The minimum Gasteiger partial charge on any atom is -0.478 e. The van der Waals surface area contributed by atoms with Crippen molar-refractivity contribution in [3.05, 3.63) is 29.3 Å². The molecule has 0 aliphatic carbocycles. The lowest BCUT2D eigenvalue weighted by Gasteiger charge is -2.07. The second-order valence-corrected chi connectivity index (χ2v) is 5.11. The van der Waals surface area contributed by atoms with E-state index in [9.17, 15) is 22.0 Å². The highest BCUT2D eigenvalue weighted by Gasteiger charge is 2.21. The summed E-state index contributed by atoms with van der Waals surface area (Å²) in [6, 6.07) is 2.49. The van der Waals surface area contributed by atoms with Crippen LogP contribution < -0.4 is 0 Å². The zero-order chi connectivity index (χ0) is 12.5. The maximum Gasteiger partial charge on any atom is 0.335 e. The highest BCUT2D eigenvalue weighted by molar-refractivity contribution is 7.90. The first-order valence-electron chi connectivity index (χ1n) is 4.09. The number of carboxylic acid groups (broad SMARTS) is 1. The molecule has 1 aromatic carbocycles. The molecule has 0 aliphatic rings. The molecule has 1 rings (SSSR count). The Bertz CT molecular complexity index is 522. The molecular formula is C9H8F2O4S. The minimum atomic E-state index is -3.88. The van der Waals surface area contributed by atoms with E-state index < -0.39 is 32.7 Å². The predicted octanol–water partition coefficient (Wildman–Crippen LogP) is 1.73. The number of hydrogen-bond acceptors (Lipinski definition) is 3. The molecule has 0 fully saturated rings. The summed E-state index contributed by atoms with van der Waals surface area (Å²) in [5.41, 5.74) is -1.03. The molecular weight excluding hydrogens is 242 g/mol. The molecule has 0 amide bonds. The van der Waals surface area contributed by atoms with Gasteiger partial charge < -0.3 is 5.11 Å². The molecule has 0 bridgehead atoms. The Morgan fingerprint density at radius 1 is 1.38 bits per heavy atom. The average molecular weight is 250 g/mol. The maximum atomic E-state index is 12.5. The zero-order valence-corrected chi connectivity index (χ0v) is 8.96. The summed E-state index contributed by atoms with van der Waals surface area (Å²) < 4.78 is 47.4. The monoisotopic (exact) mass is 250 g/mol. The number of halogens is 2.